The fourth-order valence-corrected chi connectivity index (χ4v) is 3.80. The Morgan fingerprint density at radius 3 is 2.84 bits per heavy atom. The fraction of sp³-hybridized carbons (Fsp3) is 0.133. The number of aromatic nitrogens is 1. The predicted octanol–water partition coefficient (Wildman–Crippen LogP) is 4.33. The molecule has 0 aliphatic carbocycles. The van der Waals surface area contributed by atoms with Crippen LogP contribution >= 0.6 is 27.3 Å². The number of hydrogen-bond donors (Lipinski definition) is 1. The number of hydrogen-bond acceptors (Lipinski definition) is 3. The predicted molar refractivity (Wildman–Crippen MR) is 82.4 cm³/mol. The first-order chi connectivity index (χ1) is 9.25. The van der Waals surface area contributed by atoms with Gasteiger partial charge in [-0.1, -0.05) is 18.2 Å². The van der Waals surface area contributed by atoms with E-state index in [4.69, 9.17) is 0 Å². The number of halogens is 1. The molecule has 4 heteroatoms. The van der Waals surface area contributed by atoms with Crippen LogP contribution in [0.3, 0.4) is 0 Å². The van der Waals surface area contributed by atoms with Gasteiger partial charge in [0, 0.05) is 27.4 Å². The maximum Gasteiger partial charge on any atom is 0.0933 e. The van der Waals surface area contributed by atoms with Crippen LogP contribution in [0, 0.1) is 0 Å². The summed E-state index contributed by atoms with van der Waals surface area (Å²) >= 11 is 5.04. The Kier molecular flexibility index (Phi) is 3.64. The van der Waals surface area contributed by atoms with Gasteiger partial charge >= 0.3 is 0 Å². The lowest BCUT2D eigenvalue weighted by molar-refractivity contribution is 0.182. The monoisotopic (exact) mass is 333 g/mol. The van der Waals surface area contributed by atoms with Gasteiger partial charge in [0.1, 0.15) is 0 Å². The van der Waals surface area contributed by atoms with Crippen molar-refractivity contribution in [3.63, 3.8) is 0 Å². The summed E-state index contributed by atoms with van der Waals surface area (Å²) in [7, 11) is 0. The van der Waals surface area contributed by atoms with E-state index >= 15 is 0 Å². The molecule has 0 saturated heterocycles. The average Bonchev–Trinajstić information content (AvgIpc) is 2.85. The molecule has 0 fully saturated rings. The second-order valence-corrected chi connectivity index (χ2v) is 6.14. The summed E-state index contributed by atoms with van der Waals surface area (Å²) in [5.74, 6) is 0. The van der Waals surface area contributed by atoms with Crippen molar-refractivity contribution in [1.82, 2.24) is 4.98 Å². The van der Waals surface area contributed by atoms with Gasteiger partial charge in [0.15, 0.2) is 0 Å². The van der Waals surface area contributed by atoms with Gasteiger partial charge < -0.3 is 5.11 Å². The molecule has 0 saturated carbocycles. The van der Waals surface area contributed by atoms with E-state index in [-0.39, 0.29) is 0 Å². The molecule has 19 heavy (non-hydrogen) atoms. The minimum atomic E-state index is -0.486. The van der Waals surface area contributed by atoms with Gasteiger partial charge in [0.25, 0.3) is 0 Å². The van der Waals surface area contributed by atoms with E-state index in [0.29, 0.717) is 6.42 Å². The quantitative estimate of drug-likeness (QED) is 0.773. The molecule has 0 aliphatic heterocycles. The van der Waals surface area contributed by atoms with Crippen molar-refractivity contribution in [1.29, 1.82) is 0 Å². The van der Waals surface area contributed by atoms with Gasteiger partial charge in [-0.2, -0.15) is 0 Å². The molecule has 3 aromatic rings. The Morgan fingerprint density at radius 1 is 1.21 bits per heavy atom. The number of thiophene rings is 1. The number of nitrogens with zero attached hydrogens (tertiary/aromatic N) is 1. The number of rotatable bonds is 3. The van der Waals surface area contributed by atoms with Gasteiger partial charge in [-0.15, -0.1) is 11.3 Å². The van der Waals surface area contributed by atoms with E-state index in [0.717, 1.165) is 25.8 Å². The summed E-state index contributed by atoms with van der Waals surface area (Å²) in [5, 5.41) is 13.5. The number of para-hydroxylation sites is 1. The van der Waals surface area contributed by atoms with Crippen LogP contribution in [0.2, 0.25) is 0 Å². The number of aliphatic hydroxyl groups excluding tert-OH is 1. The van der Waals surface area contributed by atoms with Gasteiger partial charge in [0.05, 0.1) is 11.6 Å². The zero-order valence-corrected chi connectivity index (χ0v) is 12.5. The smallest absolute Gasteiger partial charge is 0.0933 e. The Balaban J connectivity index is 1.96. The molecule has 0 bridgehead atoms. The van der Waals surface area contributed by atoms with Crippen LogP contribution in [-0.2, 0) is 6.42 Å². The third kappa shape index (κ3) is 2.56. The second kappa shape index (κ2) is 5.41. The van der Waals surface area contributed by atoms with E-state index in [9.17, 15) is 5.11 Å². The number of aliphatic hydroxyl groups is 1. The standard InChI is InChI=1S/C15H12BrNOS/c16-12-6-8-19-15(12)14(18)9-10-5-7-17-13-4-2-1-3-11(10)13/h1-8,14,18H,9H2. The minimum Gasteiger partial charge on any atom is -0.387 e. The molecule has 3 rings (SSSR count). The van der Waals surface area contributed by atoms with Crippen molar-refractivity contribution in [2.24, 2.45) is 0 Å². The van der Waals surface area contributed by atoms with Gasteiger partial charge in [-0.05, 0) is 45.1 Å². The van der Waals surface area contributed by atoms with Gasteiger partial charge in [0.2, 0.25) is 0 Å². The highest BCUT2D eigenvalue weighted by Crippen LogP contribution is 2.32. The number of benzene rings is 1. The number of fused-ring (bicyclic) bond motifs is 1. The highest BCUT2D eigenvalue weighted by molar-refractivity contribution is 9.10. The Bertz CT molecular complexity index is 705. The molecule has 2 heterocycles. The van der Waals surface area contributed by atoms with Crippen molar-refractivity contribution >= 4 is 38.2 Å². The van der Waals surface area contributed by atoms with Crippen LogP contribution in [0.5, 0.6) is 0 Å². The van der Waals surface area contributed by atoms with Crippen molar-refractivity contribution < 1.29 is 5.11 Å². The molecule has 0 spiro atoms. The second-order valence-electron chi connectivity index (χ2n) is 4.34. The van der Waals surface area contributed by atoms with Gasteiger partial charge in [-0.25, -0.2) is 0 Å². The third-order valence-electron chi connectivity index (χ3n) is 3.10. The summed E-state index contributed by atoms with van der Waals surface area (Å²) in [4.78, 5) is 5.31. The molecule has 2 nitrogen and oxygen atoms in total. The van der Waals surface area contributed by atoms with Gasteiger partial charge in [-0.3, -0.25) is 4.98 Å². The topological polar surface area (TPSA) is 33.1 Å². The minimum absolute atomic E-state index is 0.486. The summed E-state index contributed by atoms with van der Waals surface area (Å²) in [6, 6.07) is 12.0. The van der Waals surface area contributed by atoms with Crippen LogP contribution in [0.1, 0.15) is 16.5 Å². The summed E-state index contributed by atoms with van der Waals surface area (Å²) in [6.45, 7) is 0. The largest absolute Gasteiger partial charge is 0.387 e. The van der Waals surface area contributed by atoms with E-state index in [2.05, 4.69) is 20.9 Å². The lowest BCUT2D eigenvalue weighted by atomic mass is 10.0. The fourth-order valence-electron chi connectivity index (χ4n) is 2.18. The van der Waals surface area contributed by atoms with E-state index in [1.165, 1.54) is 0 Å². The molecular weight excluding hydrogens is 322 g/mol. The maximum atomic E-state index is 10.4. The molecule has 0 aliphatic rings. The van der Waals surface area contributed by atoms with E-state index in [1.807, 2.05) is 41.8 Å². The molecule has 0 radical (unpaired) electrons. The lowest BCUT2D eigenvalue weighted by Gasteiger charge is -2.11. The first-order valence-electron chi connectivity index (χ1n) is 5.99. The van der Waals surface area contributed by atoms with Crippen LogP contribution in [0.15, 0.2) is 52.4 Å². The van der Waals surface area contributed by atoms with Crippen LogP contribution < -0.4 is 0 Å². The molecule has 1 N–H and O–H groups in total. The van der Waals surface area contributed by atoms with Crippen molar-refractivity contribution in [2.45, 2.75) is 12.5 Å². The highest BCUT2D eigenvalue weighted by atomic mass is 79.9. The molecular formula is C15H12BrNOS. The van der Waals surface area contributed by atoms with Crippen molar-refractivity contribution in [3.8, 4) is 0 Å². The number of pyridine rings is 1. The Morgan fingerprint density at radius 2 is 2.05 bits per heavy atom. The molecule has 1 atom stereocenters. The van der Waals surface area contributed by atoms with E-state index < -0.39 is 6.10 Å². The van der Waals surface area contributed by atoms with Crippen LogP contribution in [-0.4, -0.2) is 10.1 Å². The third-order valence-corrected chi connectivity index (χ3v) is 5.07. The molecule has 1 unspecified atom stereocenters. The summed E-state index contributed by atoms with van der Waals surface area (Å²) in [5.41, 5.74) is 2.09. The summed E-state index contributed by atoms with van der Waals surface area (Å²) < 4.78 is 0.975. The van der Waals surface area contributed by atoms with Crippen molar-refractivity contribution in [3.05, 3.63) is 62.9 Å². The average molecular weight is 334 g/mol. The molecule has 2 aromatic heterocycles. The van der Waals surface area contributed by atoms with Crippen LogP contribution in [0.4, 0.5) is 0 Å². The van der Waals surface area contributed by atoms with E-state index in [1.54, 1.807) is 17.5 Å². The maximum absolute atomic E-state index is 10.4. The Hall–Kier alpha value is -1.23. The molecule has 0 amide bonds. The van der Waals surface area contributed by atoms with Crippen LogP contribution in [0.25, 0.3) is 10.9 Å². The lowest BCUT2D eigenvalue weighted by Crippen LogP contribution is -2.01. The Labute approximate surface area is 123 Å². The zero-order chi connectivity index (χ0) is 13.2. The summed E-state index contributed by atoms with van der Waals surface area (Å²) in [6.07, 6.45) is 1.91. The molecule has 96 valence electrons. The molecule has 1 aromatic carbocycles. The highest BCUT2D eigenvalue weighted by Gasteiger charge is 2.14. The SMILES string of the molecule is OC(Cc1ccnc2ccccc12)c1sccc1Br. The normalized spacial score (nSPS) is 12.7. The van der Waals surface area contributed by atoms with Crippen molar-refractivity contribution in [2.75, 3.05) is 0 Å². The first kappa shape index (κ1) is 12.8. The first-order valence-corrected chi connectivity index (χ1v) is 7.66. The zero-order valence-electron chi connectivity index (χ0n) is 10.1.